The number of aryl methyl sites for hydroxylation is 2. The number of aromatic amines is 1. The minimum Gasteiger partial charge on any atom is -0.469 e. The second-order valence-corrected chi connectivity index (χ2v) is 5.21. The van der Waals surface area contributed by atoms with E-state index in [2.05, 4.69) is 10.3 Å². The van der Waals surface area contributed by atoms with E-state index in [1.54, 1.807) is 25.3 Å². The number of rotatable bonds is 4. The second kappa shape index (κ2) is 5.89. The standard InChI is InChI=1S/C17H16N2O3/c1-11-9-12-4-5-13(10-15(12)19-17(11)21)18-16(20)7-6-14-3-2-8-22-14/h2-5,8-10H,6-7H2,1H3,(H,18,20)(H,19,21). The van der Waals surface area contributed by atoms with Gasteiger partial charge in [-0.3, -0.25) is 9.59 Å². The van der Waals surface area contributed by atoms with Gasteiger partial charge < -0.3 is 14.7 Å². The van der Waals surface area contributed by atoms with Crippen LogP contribution in [0.5, 0.6) is 0 Å². The smallest absolute Gasteiger partial charge is 0.251 e. The number of carbonyl (C=O) groups is 1. The minimum absolute atomic E-state index is 0.0924. The van der Waals surface area contributed by atoms with Crippen LogP contribution in [0.1, 0.15) is 17.7 Å². The van der Waals surface area contributed by atoms with Gasteiger partial charge >= 0.3 is 0 Å². The number of amides is 1. The van der Waals surface area contributed by atoms with E-state index in [9.17, 15) is 9.59 Å². The van der Waals surface area contributed by atoms with Gasteiger partial charge in [-0.05, 0) is 42.6 Å². The van der Waals surface area contributed by atoms with E-state index in [0.29, 0.717) is 29.6 Å². The third-order valence-electron chi connectivity index (χ3n) is 3.49. The molecule has 0 aliphatic rings. The van der Waals surface area contributed by atoms with Gasteiger partial charge in [0.05, 0.1) is 11.8 Å². The van der Waals surface area contributed by atoms with Crippen molar-refractivity contribution in [1.29, 1.82) is 0 Å². The van der Waals surface area contributed by atoms with Crippen LogP contribution in [-0.4, -0.2) is 10.9 Å². The molecular weight excluding hydrogens is 280 g/mol. The van der Waals surface area contributed by atoms with E-state index in [0.717, 1.165) is 11.1 Å². The Morgan fingerprint density at radius 2 is 2.14 bits per heavy atom. The lowest BCUT2D eigenvalue weighted by atomic mass is 10.1. The number of anilines is 1. The molecule has 2 N–H and O–H groups in total. The van der Waals surface area contributed by atoms with Crippen molar-refractivity contribution in [2.45, 2.75) is 19.8 Å². The Morgan fingerprint density at radius 1 is 1.27 bits per heavy atom. The lowest BCUT2D eigenvalue weighted by Gasteiger charge is -2.06. The van der Waals surface area contributed by atoms with Crippen LogP contribution in [0.25, 0.3) is 10.9 Å². The van der Waals surface area contributed by atoms with Crippen molar-refractivity contribution >= 4 is 22.5 Å². The fourth-order valence-electron chi connectivity index (χ4n) is 2.30. The number of aromatic nitrogens is 1. The molecule has 0 radical (unpaired) electrons. The Bertz CT molecular complexity index is 863. The Morgan fingerprint density at radius 3 is 2.91 bits per heavy atom. The van der Waals surface area contributed by atoms with Gasteiger partial charge in [0.1, 0.15) is 5.76 Å². The third-order valence-corrected chi connectivity index (χ3v) is 3.49. The van der Waals surface area contributed by atoms with Crippen LogP contribution >= 0.6 is 0 Å². The molecule has 3 aromatic rings. The molecule has 112 valence electrons. The molecular formula is C17H16N2O3. The highest BCUT2D eigenvalue weighted by Gasteiger charge is 2.06. The molecule has 3 rings (SSSR count). The number of nitrogens with one attached hydrogen (secondary N) is 2. The van der Waals surface area contributed by atoms with Crippen molar-refractivity contribution in [3.63, 3.8) is 0 Å². The lowest BCUT2D eigenvalue weighted by Crippen LogP contribution is -2.13. The van der Waals surface area contributed by atoms with E-state index in [-0.39, 0.29) is 11.5 Å². The average Bonchev–Trinajstić information content (AvgIpc) is 3.00. The van der Waals surface area contributed by atoms with Crippen LogP contribution in [0.2, 0.25) is 0 Å². The lowest BCUT2D eigenvalue weighted by molar-refractivity contribution is -0.116. The largest absolute Gasteiger partial charge is 0.469 e. The summed E-state index contributed by atoms with van der Waals surface area (Å²) in [5.41, 5.74) is 1.92. The molecule has 0 aliphatic carbocycles. The van der Waals surface area contributed by atoms with Crippen molar-refractivity contribution < 1.29 is 9.21 Å². The molecule has 0 aliphatic heterocycles. The number of pyridine rings is 1. The number of furan rings is 1. The summed E-state index contributed by atoms with van der Waals surface area (Å²) in [6.45, 7) is 1.77. The van der Waals surface area contributed by atoms with E-state index < -0.39 is 0 Å². The Balaban J connectivity index is 1.72. The predicted octanol–water partition coefficient (Wildman–Crippen LogP) is 3.00. The van der Waals surface area contributed by atoms with Gasteiger partial charge in [0.15, 0.2) is 0 Å². The molecule has 1 aromatic carbocycles. The molecule has 2 heterocycles. The summed E-state index contributed by atoms with van der Waals surface area (Å²) in [6.07, 6.45) is 2.49. The molecule has 5 nitrogen and oxygen atoms in total. The molecule has 0 unspecified atom stereocenters. The summed E-state index contributed by atoms with van der Waals surface area (Å²) >= 11 is 0. The SMILES string of the molecule is Cc1cc2ccc(NC(=O)CCc3ccco3)cc2[nH]c1=O. The first kappa shape index (κ1) is 14.1. The van der Waals surface area contributed by atoms with Crippen molar-refractivity contribution in [3.05, 3.63) is 64.3 Å². The molecule has 1 amide bonds. The normalized spacial score (nSPS) is 10.8. The van der Waals surface area contributed by atoms with Crippen LogP contribution < -0.4 is 10.9 Å². The first-order chi connectivity index (χ1) is 10.6. The van der Waals surface area contributed by atoms with Gasteiger partial charge in [0.25, 0.3) is 5.56 Å². The van der Waals surface area contributed by atoms with E-state index in [1.807, 2.05) is 24.3 Å². The maximum atomic E-state index is 11.9. The second-order valence-electron chi connectivity index (χ2n) is 5.21. The van der Waals surface area contributed by atoms with Gasteiger partial charge in [0, 0.05) is 24.1 Å². The molecule has 2 aromatic heterocycles. The first-order valence-corrected chi connectivity index (χ1v) is 7.08. The summed E-state index contributed by atoms with van der Waals surface area (Å²) < 4.78 is 5.20. The van der Waals surface area contributed by atoms with Crippen molar-refractivity contribution in [2.75, 3.05) is 5.32 Å². The zero-order valence-corrected chi connectivity index (χ0v) is 12.2. The number of hydrogen-bond acceptors (Lipinski definition) is 3. The zero-order valence-electron chi connectivity index (χ0n) is 12.2. The number of carbonyl (C=O) groups excluding carboxylic acids is 1. The molecule has 0 saturated heterocycles. The fraction of sp³-hybridized carbons (Fsp3) is 0.176. The van der Waals surface area contributed by atoms with E-state index >= 15 is 0 Å². The van der Waals surface area contributed by atoms with Gasteiger partial charge in [-0.2, -0.15) is 0 Å². The summed E-state index contributed by atoms with van der Waals surface area (Å²) in [5, 5.41) is 3.76. The van der Waals surface area contributed by atoms with Crippen molar-refractivity contribution in [3.8, 4) is 0 Å². The van der Waals surface area contributed by atoms with Crippen molar-refractivity contribution in [1.82, 2.24) is 4.98 Å². The maximum Gasteiger partial charge on any atom is 0.251 e. The molecule has 0 atom stereocenters. The molecule has 0 spiro atoms. The van der Waals surface area contributed by atoms with Gasteiger partial charge in [-0.25, -0.2) is 0 Å². The van der Waals surface area contributed by atoms with Crippen LogP contribution in [-0.2, 0) is 11.2 Å². The van der Waals surface area contributed by atoms with Crippen LogP contribution in [0.3, 0.4) is 0 Å². The summed E-state index contributed by atoms with van der Waals surface area (Å²) in [7, 11) is 0. The first-order valence-electron chi connectivity index (χ1n) is 7.08. The third kappa shape index (κ3) is 3.09. The van der Waals surface area contributed by atoms with E-state index in [4.69, 9.17) is 4.42 Å². The summed E-state index contributed by atoms with van der Waals surface area (Å²) in [6, 6.07) is 10.9. The Labute approximate surface area is 127 Å². The highest BCUT2D eigenvalue weighted by atomic mass is 16.3. The number of fused-ring (bicyclic) bond motifs is 1. The topological polar surface area (TPSA) is 75.1 Å². The van der Waals surface area contributed by atoms with Gasteiger partial charge in [-0.1, -0.05) is 6.07 Å². The van der Waals surface area contributed by atoms with Crippen LogP contribution in [0.15, 0.2) is 51.9 Å². The Kier molecular flexibility index (Phi) is 3.78. The zero-order chi connectivity index (χ0) is 15.5. The van der Waals surface area contributed by atoms with Crippen LogP contribution in [0, 0.1) is 6.92 Å². The molecule has 5 heteroatoms. The number of H-pyrrole nitrogens is 1. The molecule has 0 saturated carbocycles. The highest BCUT2D eigenvalue weighted by molar-refractivity contribution is 5.93. The van der Waals surface area contributed by atoms with Gasteiger partial charge in [-0.15, -0.1) is 0 Å². The fourth-order valence-corrected chi connectivity index (χ4v) is 2.30. The number of benzene rings is 1. The van der Waals surface area contributed by atoms with E-state index in [1.165, 1.54) is 0 Å². The van der Waals surface area contributed by atoms with Gasteiger partial charge in [0.2, 0.25) is 5.91 Å². The molecule has 22 heavy (non-hydrogen) atoms. The highest BCUT2D eigenvalue weighted by Crippen LogP contribution is 2.17. The Hall–Kier alpha value is -2.82. The van der Waals surface area contributed by atoms with Crippen LogP contribution in [0.4, 0.5) is 5.69 Å². The maximum absolute atomic E-state index is 11.9. The molecule has 0 bridgehead atoms. The monoisotopic (exact) mass is 296 g/mol. The van der Waals surface area contributed by atoms with Crippen molar-refractivity contribution in [2.24, 2.45) is 0 Å². The molecule has 0 fully saturated rings. The minimum atomic E-state index is -0.117. The average molecular weight is 296 g/mol. The summed E-state index contributed by atoms with van der Waals surface area (Å²) in [4.78, 5) is 26.4. The summed E-state index contributed by atoms with van der Waals surface area (Å²) in [5.74, 6) is 0.693. The quantitative estimate of drug-likeness (QED) is 0.777. The number of hydrogen-bond donors (Lipinski definition) is 2. The predicted molar refractivity (Wildman–Crippen MR) is 85.0 cm³/mol.